The Bertz CT molecular complexity index is 1080. The SMILES string of the molecule is CC.CN=C(Nc1sc2c(c1C=O)CN(SC)C2)C(=O)NCc1ccc2c(c1)NC(=O)CO2. The van der Waals surface area contributed by atoms with Crippen molar-refractivity contribution < 1.29 is 19.1 Å². The van der Waals surface area contributed by atoms with E-state index in [4.69, 9.17) is 4.74 Å². The Kier molecular flexibility index (Phi) is 8.48. The second kappa shape index (κ2) is 11.3. The highest BCUT2D eigenvalue weighted by molar-refractivity contribution is 7.96. The van der Waals surface area contributed by atoms with E-state index in [-0.39, 0.29) is 24.9 Å². The molecule has 0 saturated heterocycles. The van der Waals surface area contributed by atoms with E-state index < -0.39 is 5.91 Å². The zero-order valence-corrected chi connectivity index (χ0v) is 20.6. The summed E-state index contributed by atoms with van der Waals surface area (Å²) in [6.45, 7) is 5.71. The van der Waals surface area contributed by atoms with Crippen LogP contribution in [0.25, 0.3) is 0 Å². The van der Waals surface area contributed by atoms with Gasteiger partial charge in [-0.25, -0.2) is 4.31 Å². The molecular weight excluding hydrogens is 462 g/mol. The highest BCUT2D eigenvalue weighted by Crippen LogP contribution is 2.40. The lowest BCUT2D eigenvalue weighted by atomic mass is 10.1. The molecule has 2 aromatic rings. The van der Waals surface area contributed by atoms with Gasteiger partial charge >= 0.3 is 0 Å². The Hall–Kier alpha value is -2.89. The van der Waals surface area contributed by atoms with Crippen LogP contribution in [0.2, 0.25) is 0 Å². The van der Waals surface area contributed by atoms with Crippen molar-refractivity contribution in [2.75, 3.05) is 30.5 Å². The number of hydrogen-bond acceptors (Lipinski definition) is 8. The van der Waals surface area contributed by atoms with Crippen LogP contribution in [0.1, 0.15) is 40.2 Å². The van der Waals surface area contributed by atoms with Crippen LogP contribution in [0.5, 0.6) is 5.75 Å². The number of rotatable bonds is 5. The summed E-state index contributed by atoms with van der Waals surface area (Å²) in [6, 6.07) is 5.33. The van der Waals surface area contributed by atoms with E-state index in [0.717, 1.165) is 28.8 Å². The van der Waals surface area contributed by atoms with E-state index in [9.17, 15) is 14.4 Å². The molecule has 2 amide bonds. The first-order valence-electron chi connectivity index (χ1n) is 10.5. The first kappa shape index (κ1) is 24.7. The minimum absolute atomic E-state index is 0.00465. The topological polar surface area (TPSA) is 112 Å². The summed E-state index contributed by atoms with van der Waals surface area (Å²) in [5.41, 5.74) is 2.96. The lowest BCUT2D eigenvalue weighted by Crippen LogP contribution is -2.35. The molecule has 4 rings (SSSR count). The molecule has 0 spiro atoms. The monoisotopic (exact) mass is 489 g/mol. The van der Waals surface area contributed by atoms with Crippen LogP contribution in [0.3, 0.4) is 0 Å². The van der Waals surface area contributed by atoms with Gasteiger partial charge in [0.1, 0.15) is 10.8 Å². The summed E-state index contributed by atoms with van der Waals surface area (Å²) in [5, 5.41) is 9.21. The van der Waals surface area contributed by atoms with E-state index in [0.29, 0.717) is 28.5 Å². The smallest absolute Gasteiger partial charge is 0.286 e. The Morgan fingerprint density at radius 1 is 1.36 bits per heavy atom. The van der Waals surface area contributed by atoms with E-state index in [1.54, 1.807) is 24.1 Å². The predicted molar refractivity (Wildman–Crippen MR) is 133 cm³/mol. The van der Waals surface area contributed by atoms with Gasteiger partial charge < -0.3 is 20.7 Å². The van der Waals surface area contributed by atoms with Gasteiger partial charge in [-0.1, -0.05) is 31.9 Å². The van der Waals surface area contributed by atoms with Crippen LogP contribution in [-0.4, -0.2) is 48.2 Å². The fraction of sp³-hybridized carbons (Fsp3) is 0.364. The quantitative estimate of drug-likeness (QED) is 0.256. The molecule has 0 saturated carbocycles. The maximum absolute atomic E-state index is 12.7. The third-order valence-corrected chi connectivity index (χ3v) is 6.89. The van der Waals surface area contributed by atoms with Crippen LogP contribution in [0.15, 0.2) is 23.2 Å². The van der Waals surface area contributed by atoms with Crippen LogP contribution in [0, 0.1) is 0 Å². The summed E-state index contributed by atoms with van der Waals surface area (Å²) in [7, 11) is 1.52. The molecule has 11 heteroatoms. The number of aliphatic imine (C=N–C) groups is 1. The molecule has 3 N–H and O–H groups in total. The zero-order valence-electron chi connectivity index (χ0n) is 19.0. The van der Waals surface area contributed by atoms with Crippen LogP contribution in [0.4, 0.5) is 10.7 Å². The van der Waals surface area contributed by atoms with E-state index >= 15 is 0 Å². The number of carbonyl (C=O) groups is 3. The number of nitrogens with one attached hydrogen (secondary N) is 3. The van der Waals surface area contributed by atoms with Crippen LogP contribution >= 0.6 is 23.3 Å². The average Bonchev–Trinajstić information content (AvgIpc) is 3.38. The Labute approximate surface area is 201 Å². The molecule has 33 heavy (non-hydrogen) atoms. The first-order chi connectivity index (χ1) is 16.0. The summed E-state index contributed by atoms with van der Waals surface area (Å²) < 4.78 is 7.51. The van der Waals surface area contributed by atoms with Gasteiger partial charge in [-0.2, -0.15) is 0 Å². The highest BCUT2D eigenvalue weighted by atomic mass is 32.2. The second-order valence-electron chi connectivity index (χ2n) is 6.89. The van der Waals surface area contributed by atoms with Crippen LogP contribution < -0.4 is 20.7 Å². The normalized spacial score (nSPS) is 14.8. The van der Waals surface area contributed by atoms with Crippen molar-refractivity contribution in [1.29, 1.82) is 0 Å². The molecule has 9 nitrogen and oxygen atoms in total. The van der Waals surface area contributed by atoms with Gasteiger partial charge in [0, 0.05) is 31.6 Å². The summed E-state index contributed by atoms with van der Waals surface area (Å²) in [5.74, 6) is 0.114. The van der Waals surface area contributed by atoms with Crippen molar-refractivity contribution in [1.82, 2.24) is 9.62 Å². The number of ether oxygens (including phenoxy) is 1. The standard InChI is InChI=1S/C20H21N5O4S2.C2H6/c1-21-18(24-20-13(9-26)12-7-25(30-2)8-16(12)31-20)19(28)22-6-11-3-4-15-14(5-11)23-17(27)10-29-15;1-2/h3-5,9H,6-8,10H2,1-2H3,(H,21,24)(H,22,28)(H,23,27);1-2H3. The average molecular weight is 490 g/mol. The molecule has 0 aliphatic carbocycles. The second-order valence-corrected chi connectivity index (χ2v) is 8.88. The van der Waals surface area contributed by atoms with E-state index in [1.165, 1.54) is 18.4 Å². The molecule has 176 valence electrons. The number of carbonyl (C=O) groups excluding carboxylic acids is 3. The molecular formula is C22H27N5O4S2. The van der Waals surface area contributed by atoms with Gasteiger partial charge in [0.25, 0.3) is 11.8 Å². The van der Waals surface area contributed by atoms with Gasteiger partial charge in [0.15, 0.2) is 18.7 Å². The zero-order chi connectivity index (χ0) is 24.0. The summed E-state index contributed by atoms with van der Waals surface area (Å²) in [4.78, 5) is 41.0. The number of nitrogens with zero attached hydrogens (tertiary/aromatic N) is 2. The lowest BCUT2D eigenvalue weighted by molar-refractivity contribution is -0.118. The number of benzene rings is 1. The van der Waals surface area contributed by atoms with Gasteiger partial charge in [-0.05, 0) is 29.5 Å². The van der Waals surface area contributed by atoms with Crippen molar-refractivity contribution >= 4 is 57.9 Å². The fourth-order valence-electron chi connectivity index (χ4n) is 3.40. The third-order valence-electron chi connectivity index (χ3n) is 4.96. The number of aldehydes is 1. The van der Waals surface area contributed by atoms with E-state index in [1.807, 2.05) is 26.2 Å². The van der Waals surface area contributed by atoms with E-state index in [2.05, 4.69) is 25.2 Å². The molecule has 0 fully saturated rings. The third kappa shape index (κ3) is 5.55. The predicted octanol–water partition coefficient (Wildman–Crippen LogP) is 3.27. The summed E-state index contributed by atoms with van der Waals surface area (Å²) in [6.07, 6.45) is 2.84. The Morgan fingerprint density at radius 2 is 2.15 bits per heavy atom. The van der Waals surface area contributed by atoms with Crippen molar-refractivity contribution in [2.24, 2.45) is 4.99 Å². The maximum Gasteiger partial charge on any atom is 0.286 e. The van der Waals surface area contributed by atoms with Gasteiger partial charge in [-0.15, -0.1) is 11.3 Å². The molecule has 2 aliphatic heterocycles. The molecule has 3 heterocycles. The van der Waals surface area contributed by atoms with Crippen molar-refractivity contribution in [3.05, 3.63) is 39.8 Å². The fourth-order valence-corrected chi connectivity index (χ4v) is 5.19. The number of fused-ring (bicyclic) bond motifs is 2. The number of thiophene rings is 1. The van der Waals surface area contributed by atoms with Crippen molar-refractivity contribution in [3.8, 4) is 5.75 Å². The molecule has 0 atom stereocenters. The number of anilines is 2. The van der Waals surface area contributed by atoms with Gasteiger partial charge in [0.05, 0.1) is 11.3 Å². The molecule has 0 unspecified atom stereocenters. The summed E-state index contributed by atoms with van der Waals surface area (Å²) >= 11 is 3.11. The minimum atomic E-state index is -0.392. The molecule has 2 aliphatic rings. The number of hydrogen-bond donors (Lipinski definition) is 3. The van der Waals surface area contributed by atoms with Gasteiger partial charge in [-0.3, -0.25) is 19.4 Å². The van der Waals surface area contributed by atoms with Gasteiger partial charge in [0.2, 0.25) is 0 Å². The van der Waals surface area contributed by atoms with Crippen molar-refractivity contribution in [2.45, 2.75) is 33.5 Å². The van der Waals surface area contributed by atoms with Crippen molar-refractivity contribution in [3.63, 3.8) is 0 Å². The molecule has 1 aromatic heterocycles. The number of amides is 2. The Balaban J connectivity index is 0.00000149. The first-order valence-corrected chi connectivity index (χ1v) is 12.5. The molecule has 1 aromatic carbocycles. The molecule has 0 bridgehead atoms. The largest absolute Gasteiger partial charge is 0.482 e. The van der Waals surface area contributed by atoms with Crippen LogP contribution in [-0.2, 0) is 29.2 Å². The highest BCUT2D eigenvalue weighted by Gasteiger charge is 2.27. The maximum atomic E-state index is 12.7. The Morgan fingerprint density at radius 3 is 2.85 bits per heavy atom. The molecule has 0 radical (unpaired) electrons. The minimum Gasteiger partial charge on any atom is -0.482 e. The number of amidine groups is 1. The lowest BCUT2D eigenvalue weighted by Gasteiger charge is -2.18.